The molecule has 1 heterocycles. The van der Waals surface area contributed by atoms with Crippen LogP contribution in [-0.4, -0.2) is 5.11 Å². The second-order valence-electron chi connectivity index (χ2n) is 3.98. The van der Waals surface area contributed by atoms with E-state index in [2.05, 4.69) is 29.8 Å². The zero-order valence-electron chi connectivity index (χ0n) is 8.66. The SMILES string of the molecule is CC(C)CCCC(O)c1ccc(Br)o1. The Morgan fingerprint density at radius 3 is 2.57 bits per heavy atom. The number of furan rings is 1. The van der Waals surface area contributed by atoms with Crippen molar-refractivity contribution in [3.63, 3.8) is 0 Å². The molecule has 0 spiro atoms. The molecular weight excluding hydrogens is 244 g/mol. The Bertz CT molecular complexity index is 268. The van der Waals surface area contributed by atoms with Crippen LogP contribution in [0.25, 0.3) is 0 Å². The van der Waals surface area contributed by atoms with Crippen molar-refractivity contribution >= 4 is 15.9 Å². The molecule has 0 fully saturated rings. The van der Waals surface area contributed by atoms with Crippen LogP contribution in [0.1, 0.15) is 45.0 Å². The smallest absolute Gasteiger partial charge is 0.169 e. The van der Waals surface area contributed by atoms with Gasteiger partial charge in [0.2, 0.25) is 0 Å². The van der Waals surface area contributed by atoms with Crippen LogP contribution in [-0.2, 0) is 0 Å². The summed E-state index contributed by atoms with van der Waals surface area (Å²) in [4.78, 5) is 0. The van der Waals surface area contributed by atoms with E-state index in [4.69, 9.17) is 4.42 Å². The lowest BCUT2D eigenvalue weighted by molar-refractivity contribution is 0.134. The summed E-state index contributed by atoms with van der Waals surface area (Å²) in [6.45, 7) is 4.38. The first kappa shape index (κ1) is 11.8. The minimum Gasteiger partial charge on any atom is -0.452 e. The zero-order valence-corrected chi connectivity index (χ0v) is 10.3. The third-order valence-corrected chi connectivity index (χ3v) is 2.61. The molecule has 14 heavy (non-hydrogen) atoms. The molecule has 1 aromatic rings. The molecule has 0 aromatic carbocycles. The third-order valence-electron chi connectivity index (χ3n) is 2.18. The quantitative estimate of drug-likeness (QED) is 0.871. The summed E-state index contributed by atoms with van der Waals surface area (Å²) in [5.41, 5.74) is 0. The molecule has 0 aliphatic rings. The standard InChI is InChI=1S/C11H17BrO2/c1-8(2)4-3-5-9(13)10-6-7-11(12)14-10/h6-9,13H,3-5H2,1-2H3. The van der Waals surface area contributed by atoms with E-state index < -0.39 is 6.10 Å². The molecule has 0 amide bonds. The Hall–Kier alpha value is -0.280. The van der Waals surface area contributed by atoms with Gasteiger partial charge in [0.15, 0.2) is 4.67 Å². The van der Waals surface area contributed by atoms with Gasteiger partial charge in [-0.1, -0.05) is 26.7 Å². The van der Waals surface area contributed by atoms with Crippen LogP contribution in [0.2, 0.25) is 0 Å². The van der Waals surface area contributed by atoms with Gasteiger partial charge in [0.25, 0.3) is 0 Å². The van der Waals surface area contributed by atoms with E-state index in [0.717, 1.165) is 19.3 Å². The number of aliphatic hydroxyl groups excluding tert-OH is 1. The van der Waals surface area contributed by atoms with Gasteiger partial charge in [-0.3, -0.25) is 0 Å². The molecule has 3 heteroatoms. The first-order valence-corrected chi connectivity index (χ1v) is 5.82. The van der Waals surface area contributed by atoms with E-state index in [1.54, 1.807) is 6.07 Å². The minimum atomic E-state index is -0.458. The highest BCUT2D eigenvalue weighted by molar-refractivity contribution is 9.10. The van der Waals surface area contributed by atoms with Crippen LogP contribution >= 0.6 is 15.9 Å². The van der Waals surface area contributed by atoms with Crippen molar-refractivity contribution in [3.05, 3.63) is 22.6 Å². The summed E-state index contributed by atoms with van der Waals surface area (Å²) in [6, 6.07) is 3.62. The molecule has 1 N–H and O–H groups in total. The lowest BCUT2D eigenvalue weighted by atomic mass is 10.0. The molecule has 80 valence electrons. The normalized spacial score (nSPS) is 13.5. The van der Waals surface area contributed by atoms with Gasteiger partial charge in [0.1, 0.15) is 11.9 Å². The van der Waals surface area contributed by atoms with Crippen molar-refractivity contribution < 1.29 is 9.52 Å². The van der Waals surface area contributed by atoms with Crippen LogP contribution in [0, 0.1) is 5.92 Å². The number of rotatable bonds is 5. The summed E-state index contributed by atoms with van der Waals surface area (Å²) in [6.07, 6.45) is 2.51. The number of hydrogen-bond acceptors (Lipinski definition) is 2. The van der Waals surface area contributed by atoms with Gasteiger partial charge in [-0.25, -0.2) is 0 Å². The minimum absolute atomic E-state index is 0.458. The highest BCUT2D eigenvalue weighted by Crippen LogP contribution is 2.24. The van der Waals surface area contributed by atoms with Crippen molar-refractivity contribution in [2.45, 2.75) is 39.2 Å². The maximum atomic E-state index is 9.73. The molecule has 0 saturated heterocycles. The van der Waals surface area contributed by atoms with E-state index >= 15 is 0 Å². The Morgan fingerprint density at radius 1 is 1.36 bits per heavy atom. The van der Waals surface area contributed by atoms with E-state index in [0.29, 0.717) is 16.3 Å². The fraction of sp³-hybridized carbons (Fsp3) is 0.636. The molecule has 1 atom stereocenters. The number of aliphatic hydroxyl groups is 1. The first-order chi connectivity index (χ1) is 6.59. The van der Waals surface area contributed by atoms with E-state index in [9.17, 15) is 5.11 Å². The third kappa shape index (κ3) is 3.84. The molecule has 1 rings (SSSR count). The van der Waals surface area contributed by atoms with Crippen molar-refractivity contribution in [1.82, 2.24) is 0 Å². The van der Waals surface area contributed by atoms with Gasteiger partial charge >= 0.3 is 0 Å². The van der Waals surface area contributed by atoms with E-state index in [1.807, 2.05) is 6.07 Å². The Labute approximate surface area is 93.4 Å². The molecule has 0 saturated carbocycles. The van der Waals surface area contributed by atoms with Crippen LogP contribution in [0.5, 0.6) is 0 Å². The summed E-state index contributed by atoms with van der Waals surface area (Å²) in [5, 5.41) is 9.73. The topological polar surface area (TPSA) is 33.4 Å². The van der Waals surface area contributed by atoms with Crippen molar-refractivity contribution in [2.75, 3.05) is 0 Å². The predicted octanol–water partition coefficient (Wildman–Crippen LogP) is 3.90. The van der Waals surface area contributed by atoms with Crippen molar-refractivity contribution in [3.8, 4) is 0 Å². The zero-order chi connectivity index (χ0) is 10.6. The summed E-state index contributed by atoms with van der Waals surface area (Å²) in [7, 11) is 0. The van der Waals surface area contributed by atoms with Gasteiger partial charge in [0, 0.05) is 0 Å². The predicted molar refractivity (Wildman–Crippen MR) is 60.1 cm³/mol. The van der Waals surface area contributed by atoms with Crippen molar-refractivity contribution in [1.29, 1.82) is 0 Å². The van der Waals surface area contributed by atoms with Gasteiger partial charge in [-0.05, 0) is 40.4 Å². The van der Waals surface area contributed by atoms with E-state index in [-0.39, 0.29) is 0 Å². The maximum absolute atomic E-state index is 9.73. The van der Waals surface area contributed by atoms with Gasteiger partial charge < -0.3 is 9.52 Å². The maximum Gasteiger partial charge on any atom is 0.169 e. The average molecular weight is 261 g/mol. The number of halogens is 1. The Morgan fingerprint density at radius 2 is 2.07 bits per heavy atom. The molecule has 0 bridgehead atoms. The van der Waals surface area contributed by atoms with Crippen LogP contribution in [0.15, 0.2) is 21.2 Å². The van der Waals surface area contributed by atoms with Crippen LogP contribution in [0.4, 0.5) is 0 Å². The molecule has 1 aromatic heterocycles. The fourth-order valence-corrected chi connectivity index (χ4v) is 1.69. The Kier molecular flexibility index (Phi) is 4.69. The van der Waals surface area contributed by atoms with Crippen molar-refractivity contribution in [2.24, 2.45) is 5.92 Å². The highest BCUT2D eigenvalue weighted by atomic mass is 79.9. The monoisotopic (exact) mass is 260 g/mol. The summed E-state index contributed by atoms with van der Waals surface area (Å²) < 4.78 is 5.95. The van der Waals surface area contributed by atoms with Gasteiger partial charge in [-0.2, -0.15) is 0 Å². The average Bonchev–Trinajstić information content (AvgIpc) is 2.51. The number of hydrogen-bond donors (Lipinski definition) is 1. The molecule has 0 aliphatic carbocycles. The highest BCUT2D eigenvalue weighted by Gasteiger charge is 2.11. The van der Waals surface area contributed by atoms with Gasteiger partial charge in [-0.15, -0.1) is 0 Å². The van der Waals surface area contributed by atoms with Crippen LogP contribution in [0.3, 0.4) is 0 Å². The fourth-order valence-electron chi connectivity index (χ4n) is 1.37. The van der Waals surface area contributed by atoms with E-state index in [1.165, 1.54) is 0 Å². The molecular formula is C11H17BrO2. The molecule has 1 unspecified atom stereocenters. The summed E-state index contributed by atoms with van der Waals surface area (Å²) in [5.74, 6) is 1.35. The second-order valence-corrected chi connectivity index (χ2v) is 4.76. The summed E-state index contributed by atoms with van der Waals surface area (Å²) >= 11 is 3.21. The first-order valence-electron chi connectivity index (χ1n) is 5.03. The lowest BCUT2D eigenvalue weighted by Crippen LogP contribution is -1.97. The molecule has 0 radical (unpaired) electrons. The Balaban J connectivity index is 2.32. The molecule has 0 aliphatic heterocycles. The largest absolute Gasteiger partial charge is 0.452 e. The van der Waals surface area contributed by atoms with Crippen LogP contribution < -0.4 is 0 Å². The lowest BCUT2D eigenvalue weighted by Gasteiger charge is -2.08. The molecule has 2 nitrogen and oxygen atoms in total. The second kappa shape index (κ2) is 5.56. The van der Waals surface area contributed by atoms with Gasteiger partial charge in [0.05, 0.1) is 0 Å².